The Hall–Kier alpha value is -0.600. The van der Waals surface area contributed by atoms with E-state index in [2.05, 4.69) is 46.8 Å². The Balaban J connectivity index is 2.24. The van der Waals surface area contributed by atoms with Gasteiger partial charge in [-0.15, -0.1) is 0 Å². The average molecular weight is 264 g/mol. The lowest BCUT2D eigenvalue weighted by atomic mass is 9.68. The third kappa shape index (κ3) is 2.95. The molecule has 0 aromatic heterocycles. The third-order valence-electron chi connectivity index (χ3n) is 4.74. The van der Waals surface area contributed by atoms with E-state index in [-0.39, 0.29) is 6.10 Å². The molecule has 3 atom stereocenters. The highest BCUT2D eigenvalue weighted by Gasteiger charge is 2.39. The van der Waals surface area contributed by atoms with E-state index < -0.39 is 5.79 Å². The maximum absolute atomic E-state index is 5.95. The molecule has 108 valence electrons. The van der Waals surface area contributed by atoms with E-state index in [1.165, 1.54) is 24.0 Å². The highest BCUT2D eigenvalue weighted by molar-refractivity contribution is 5.24. The summed E-state index contributed by atoms with van der Waals surface area (Å²) in [6.07, 6.45) is 7.37. The lowest BCUT2D eigenvalue weighted by Crippen LogP contribution is -2.31. The third-order valence-corrected chi connectivity index (χ3v) is 4.74. The number of hydrogen-bond acceptors (Lipinski definition) is 2. The molecule has 2 heteroatoms. The van der Waals surface area contributed by atoms with Crippen LogP contribution in [0.4, 0.5) is 0 Å². The van der Waals surface area contributed by atoms with E-state index in [1.54, 1.807) is 0 Å². The van der Waals surface area contributed by atoms with Crippen LogP contribution in [0.15, 0.2) is 23.3 Å². The van der Waals surface area contributed by atoms with Crippen LogP contribution >= 0.6 is 0 Å². The van der Waals surface area contributed by atoms with Crippen LogP contribution in [0.1, 0.15) is 54.4 Å². The van der Waals surface area contributed by atoms with E-state index >= 15 is 0 Å². The molecule has 0 radical (unpaired) electrons. The van der Waals surface area contributed by atoms with Crippen molar-refractivity contribution in [1.29, 1.82) is 0 Å². The van der Waals surface area contributed by atoms with Gasteiger partial charge < -0.3 is 9.47 Å². The molecule has 0 spiro atoms. The monoisotopic (exact) mass is 264 g/mol. The van der Waals surface area contributed by atoms with Gasteiger partial charge in [-0.2, -0.15) is 0 Å². The van der Waals surface area contributed by atoms with Crippen molar-refractivity contribution in [3.05, 3.63) is 23.3 Å². The van der Waals surface area contributed by atoms with Crippen molar-refractivity contribution < 1.29 is 9.47 Å². The molecule has 0 aromatic carbocycles. The van der Waals surface area contributed by atoms with Gasteiger partial charge in [-0.05, 0) is 51.5 Å². The topological polar surface area (TPSA) is 18.5 Å². The number of allylic oxidation sites excluding steroid dienone is 3. The van der Waals surface area contributed by atoms with Crippen LogP contribution < -0.4 is 0 Å². The second-order valence-electron chi connectivity index (χ2n) is 6.99. The molecular weight excluding hydrogens is 236 g/mol. The van der Waals surface area contributed by atoms with Gasteiger partial charge in [0.15, 0.2) is 5.79 Å². The smallest absolute Gasteiger partial charge is 0.188 e. The first-order valence-corrected chi connectivity index (χ1v) is 7.42. The van der Waals surface area contributed by atoms with Crippen LogP contribution in [-0.2, 0) is 9.47 Å². The van der Waals surface area contributed by atoms with Crippen molar-refractivity contribution in [2.45, 2.75) is 66.3 Å². The van der Waals surface area contributed by atoms with Gasteiger partial charge in [0.1, 0.15) is 0 Å². The Morgan fingerprint density at radius 3 is 2.58 bits per heavy atom. The van der Waals surface area contributed by atoms with E-state index in [9.17, 15) is 0 Å². The van der Waals surface area contributed by atoms with Gasteiger partial charge in [0, 0.05) is 5.92 Å². The predicted molar refractivity (Wildman–Crippen MR) is 78.9 cm³/mol. The standard InChI is InChI=1S/C17H28O2/c1-12-8-7-9-16(4,5)15(12)10-13(2)17(6)18-11-14(3)19-17/h8,10,14-15H,7,9,11H2,1-6H3/b13-10-. The summed E-state index contributed by atoms with van der Waals surface area (Å²) in [6.45, 7) is 13.9. The van der Waals surface area contributed by atoms with Gasteiger partial charge in [-0.3, -0.25) is 0 Å². The Labute approximate surface area is 117 Å². The maximum atomic E-state index is 5.95. The predicted octanol–water partition coefficient (Wildman–Crippen LogP) is 4.47. The fraction of sp³-hybridized carbons (Fsp3) is 0.765. The highest BCUT2D eigenvalue weighted by atomic mass is 16.7. The van der Waals surface area contributed by atoms with Crippen molar-refractivity contribution in [3.63, 3.8) is 0 Å². The summed E-state index contributed by atoms with van der Waals surface area (Å²) in [5, 5.41) is 0. The SMILES string of the molecule is CC1=CCCC(C)(C)C1/C=C(/C)C1(C)OCC(C)O1. The van der Waals surface area contributed by atoms with E-state index in [4.69, 9.17) is 9.47 Å². The van der Waals surface area contributed by atoms with Gasteiger partial charge in [0.2, 0.25) is 0 Å². The molecule has 1 aliphatic carbocycles. The maximum Gasteiger partial charge on any atom is 0.188 e. The van der Waals surface area contributed by atoms with E-state index in [0.29, 0.717) is 17.9 Å². The Bertz CT molecular complexity index is 405. The van der Waals surface area contributed by atoms with Crippen LogP contribution in [-0.4, -0.2) is 18.5 Å². The van der Waals surface area contributed by atoms with Gasteiger partial charge in [-0.25, -0.2) is 0 Å². The first-order valence-electron chi connectivity index (χ1n) is 7.42. The minimum Gasteiger partial charge on any atom is -0.344 e. The molecule has 2 nitrogen and oxygen atoms in total. The minimum atomic E-state index is -0.535. The highest BCUT2D eigenvalue weighted by Crippen LogP contribution is 2.43. The number of hydrogen-bond donors (Lipinski definition) is 0. The Kier molecular flexibility index (Phi) is 3.95. The first kappa shape index (κ1) is 14.8. The lowest BCUT2D eigenvalue weighted by Gasteiger charge is -2.38. The minimum absolute atomic E-state index is 0.185. The van der Waals surface area contributed by atoms with Gasteiger partial charge in [0.25, 0.3) is 0 Å². The van der Waals surface area contributed by atoms with Crippen LogP contribution in [0, 0.1) is 11.3 Å². The molecule has 0 amide bonds. The van der Waals surface area contributed by atoms with Crippen LogP contribution in [0.2, 0.25) is 0 Å². The molecule has 2 aliphatic rings. The number of ether oxygens (including phenoxy) is 2. The zero-order valence-corrected chi connectivity index (χ0v) is 13.2. The summed E-state index contributed by atoms with van der Waals surface area (Å²) >= 11 is 0. The Morgan fingerprint density at radius 2 is 2.05 bits per heavy atom. The fourth-order valence-electron chi connectivity index (χ4n) is 3.26. The average Bonchev–Trinajstić information content (AvgIpc) is 2.65. The molecule has 3 unspecified atom stereocenters. The lowest BCUT2D eigenvalue weighted by molar-refractivity contribution is -0.121. The molecule has 0 bridgehead atoms. The van der Waals surface area contributed by atoms with Gasteiger partial charge in [0.05, 0.1) is 12.7 Å². The summed E-state index contributed by atoms with van der Waals surface area (Å²) in [5.41, 5.74) is 3.00. The van der Waals surface area contributed by atoms with E-state index in [0.717, 1.165) is 0 Å². The first-order chi connectivity index (χ1) is 8.74. The van der Waals surface area contributed by atoms with Crippen LogP contribution in [0.3, 0.4) is 0 Å². The van der Waals surface area contributed by atoms with Crippen molar-refractivity contribution >= 4 is 0 Å². The second kappa shape index (κ2) is 5.06. The molecule has 0 saturated carbocycles. The molecule has 2 rings (SSSR count). The summed E-state index contributed by atoms with van der Waals surface area (Å²) in [7, 11) is 0. The molecule has 1 saturated heterocycles. The van der Waals surface area contributed by atoms with E-state index in [1.807, 2.05) is 6.92 Å². The normalized spacial score (nSPS) is 39.3. The van der Waals surface area contributed by atoms with Crippen molar-refractivity contribution in [3.8, 4) is 0 Å². The van der Waals surface area contributed by atoms with Crippen LogP contribution in [0.25, 0.3) is 0 Å². The van der Waals surface area contributed by atoms with Crippen molar-refractivity contribution in [1.82, 2.24) is 0 Å². The molecule has 19 heavy (non-hydrogen) atoms. The van der Waals surface area contributed by atoms with Gasteiger partial charge in [-0.1, -0.05) is 31.6 Å². The van der Waals surface area contributed by atoms with Crippen LogP contribution in [0.5, 0.6) is 0 Å². The Morgan fingerprint density at radius 1 is 1.37 bits per heavy atom. The quantitative estimate of drug-likeness (QED) is 0.685. The summed E-state index contributed by atoms with van der Waals surface area (Å²) < 4.78 is 11.8. The summed E-state index contributed by atoms with van der Waals surface area (Å²) in [6, 6.07) is 0. The molecular formula is C17H28O2. The van der Waals surface area contributed by atoms with Crippen molar-refractivity contribution in [2.24, 2.45) is 11.3 Å². The van der Waals surface area contributed by atoms with Gasteiger partial charge >= 0.3 is 0 Å². The zero-order chi connectivity index (χ0) is 14.3. The molecule has 0 N–H and O–H groups in total. The molecule has 1 aliphatic heterocycles. The largest absolute Gasteiger partial charge is 0.344 e. The molecule has 1 heterocycles. The zero-order valence-electron chi connectivity index (χ0n) is 13.2. The summed E-state index contributed by atoms with van der Waals surface area (Å²) in [4.78, 5) is 0. The molecule has 1 fully saturated rings. The number of rotatable bonds is 2. The fourth-order valence-corrected chi connectivity index (χ4v) is 3.26. The summed E-state index contributed by atoms with van der Waals surface area (Å²) in [5.74, 6) is -0.0473. The second-order valence-corrected chi connectivity index (χ2v) is 6.99. The molecule has 0 aromatic rings. The van der Waals surface area contributed by atoms with Crippen molar-refractivity contribution in [2.75, 3.05) is 6.61 Å².